The Labute approximate surface area is 102 Å². The Morgan fingerprint density at radius 1 is 1.44 bits per heavy atom. The highest BCUT2D eigenvalue weighted by Gasteiger charge is 2.36. The van der Waals surface area contributed by atoms with Gasteiger partial charge in [-0.25, -0.2) is 0 Å². The van der Waals surface area contributed by atoms with Crippen LogP contribution >= 0.6 is 11.6 Å². The van der Waals surface area contributed by atoms with E-state index in [0.29, 0.717) is 6.04 Å². The zero-order chi connectivity index (χ0) is 11.6. The lowest BCUT2D eigenvalue weighted by Crippen LogP contribution is -2.51. The summed E-state index contributed by atoms with van der Waals surface area (Å²) in [4.78, 5) is 0. The number of nitrogens with two attached hydrogens (primary N) is 1. The maximum atomic E-state index is 6.57. The highest BCUT2D eigenvalue weighted by Crippen LogP contribution is 2.31. The van der Waals surface area contributed by atoms with E-state index in [1.54, 1.807) is 0 Å². The fourth-order valence-corrected chi connectivity index (χ4v) is 2.66. The van der Waals surface area contributed by atoms with Gasteiger partial charge in [-0.2, -0.15) is 0 Å². The third-order valence-electron chi connectivity index (χ3n) is 3.65. The molecule has 1 unspecified atom stereocenters. The molecule has 0 saturated carbocycles. The summed E-state index contributed by atoms with van der Waals surface area (Å²) in [6.45, 7) is 3.23. The first-order chi connectivity index (χ1) is 7.66. The van der Waals surface area contributed by atoms with Gasteiger partial charge < -0.3 is 11.1 Å². The van der Waals surface area contributed by atoms with Gasteiger partial charge in [0.1, 0.15) is 0 Å². The normalized spacial score (nSPS) is 24.3. The van der Waals surface area contributed by atoms with Gasteiger partial charge in [-0.1, -0.05) is 30.7 Å². The van der Waals surface area contributed by atoms with Gasteiger partial charge in [-0.05, 0) is 43.5 Å². The minimum Gasteiger partial charge on any atom is -0.320 e. The second kappa shape index (κ2) is 4.74. The monoisotopic (exact) mass is 238 g/mol. The average molecular weight is 239 g/mol. The Kier molecular flexibility index (Phi) is 3.53. The standard InChI is InChI=1S/C13H19ClN2/c1-2-13(15,12-4-3-9-16-12)10-5-7-11(14)8-6-10/h5-8,12,16H,2-4,9,15H2,1H3/t12-,13?/m0/s1. The van der Waals surface area contributed by atoms with E-state index in [2.05, 4.69) is 12.2 Å². The molecule has 2 atom stereocenters. The van der Waals surface area contributed by atoms with Gasteiger partial charge >= 0.3 is 0 Å². The predicted octanol–water partition coefficient (Wildman–Crippen LogP) is 2.66. The van der Waals surface area contributed by atoms with E-state index in [1.165, 1.54) is 12.0 Å². The Balaban J connectivity index is 2.29. The van der Waals surface area contributed by atoms with Crippen LogP contribution in [-0.4, -0.2) is 12.6 Å². The first kappa shape index (κ1) is 11.9. The Morgan fingerprint density at radius 3 is 2.62 bits per heavy atom. The van der Waals surface area contributed by atoms with Crippen LogP contribution in [0.5, 0.6) is 0 Å². The SMILES string of the molecule is CCC(N)(c1ccc(Cl)cc1)[C@@H]1CCCN1. The van der Waals surface area contributed by atoms with E-state index in [-0.39, 0.29) is 5.54 Å². The second-order valence-electron chi connectivity index (χ2n) is 4.55. The zero-order valence-corrected chi connectivity index (χ0v) is 10.4. The lowest BCUT2D eigenvalue weighted by atomic mass is 9.81. The molecule has 1 aliphatic heterocycles. The molecule has 2 nitrogen and oxygen atoms in total. The number of halogens is 1. The van der Waals surface area contributed by atoms with Crippen molar-refractivity contribution in [2.75, 3.05) is 6.54 Å². The van der Waals surface area contributed by atoms with Gasteiger partial charge in [0.05, 0.1) is 5.54 Å². The van der Waals surface area contributed by atoms with Gasteiger partial charge in [0.15, 0.2) is 0 Å². The molecular formula is C13H19ClN2. The lowest BCUT2D eigenvalue weighted by Gasteiger charge is -2.35. The lowest BCUT2D eigenvalue weighted by molar-refractivity contribution is 0.315. The maximum absolute atomic E-state index is 6.57. The number of hydrogen-bond acceptors (Lipinski definition) is 2. The summed E-state index contributed by atoms with van der Waals surface area (Å²) >= 11 is 5.91. The number of benzene rings is 1. The molecule has 0 aliphatic carbocycles. The maximum Gasteiger partial charge on any atom is 0.0562 e. The van der Waals surface area contributed by atoms with Crippen molar-refractivity contribution in [3.05, 3.63) is 34.9 Å². The topological polar surface area (TPSA) is 38.0 Å². The van der Waals surface area contributed by atoms with Crippen LogP contribution in [0.25, 0.3) is 0 Å². The van der Waals surface area contributed by atoms with Crippen LogP contribution in [0.3, 0.4) is 0 Å². The van der Waals surface area contributed by atoms with Crippen LogP contribution in [0.15, 0.2) is 24.3 Å². The summed E-state index contributed by atoms with van der Waals surface area (Å²) in [5, 5.41) is 4.27. The van der Waals surface area contributed by atoms with E-state index in [9.17, 15) is 0 Å². The van der Waals surface area contributed by atoms with E-state index >= 15 is 0 Å². The van der Waals surface area contributed by atoms with Crippen molar-refractivity contribution in [2.45, 2.75) is 37.8 Å². The van der Waals surface area contributed by atoms with Crippen LogP contribution in [0.2, 0.25) is 5.02 Å². The first-order valence-electron chi connectivity index (χ1n) is 5.95. The molecule has 1 fully saturated rings. The van der Waals surface area contributed by atoms with Gasteiger partial charge in [0.25, 0.3) is 0 Å². The average Bonchev–Trinajstić information content (AvgIpc) is 2.83. The van der Waals surface area contributed by atoms with Crippen molar-refractivity contribution in [1.29, 1.82) is 0 Å². The summed E-state index contributed by atoms with van der Waals surface area (Å²) in [6, 6.07) is 8.32. The quantitative estimate of drug-likeness (QED) is 0.850. The molecule has 3 N–H and O–H groups in total. The number of rotatable bonds is 3. The molecule has 0 aromatic heterocycles. The van der Waals surface area contributed by atoms with Crippen LogP contribution in [0.1, 0.15) is 31.7 Å². The molecule has 0 spiro atoms. The predicted molar refractivity (Wildman–Crippen MR) is 68.6 cm³/mol. The van der Waals surface area contributed by atoms with Crippen molar-refractivity contribution in [3.8, 4) is 0 Å². The highest BCUT2D eigenvalue weighted by atomic mass is 35.5. The fourth-order valence-electron chi connectivity index (χ4n) is 2.54. The minimum atomic E-state index is -0.263. The van der Waals surface area contributed by atoms with E-state index in [4.69, 9.17) is 17.3 Å². The molecule has 1 aliphatic rings. The van der Waals surface area contributed by atoms with Crippen molar-refractivity contribution >= 4 is 11.6 Å². The third kappa shape index (κ3) is 2.10. The van der Waals surface area contributed by atoms with Crippen LogP contribution in [0.4, 0.5) is 0 Å². The third-order valence-corrected chi connectivity index (χ3v) is 3.90. The molecule has 16 heavy (non-hydrogen) atoms. The van der Waals surface area contributed by atoms with Gasteiger partial charge in [-0.15, -0.1) is 0 Å². The molecule has 1 heterocycles. The number of hydrogen-bond donors (Lipinski definition) is 2. The molecular weight excluding hydrogens is 220 g/mol. The van der Waals surface area contributed by atoms with Crippen LogP contribution in [-0.2, 0) is 5.54 Å². The molecule has 1 aromatic rings. The Morgan fingerprint density at radius 2 is 2.12 bits per heavy atom. The van der Waals surface area contributed by atoms with Gasteiger partial charge in [0, 0.05) is 11.1 Å². The largest absolute Gasteiger partial charge is 0.320 e. The smallest absolute Gasteiger partial charge is 0.0562 e. The zero-order valence-electron chi connectivity index (χ0n) is 9.67. The molecule has 1 saturated heterocycles. The van der Waals surface area contributed by atoms with Crippen molar-refractivity contribution in [2.24, 2.45) is 5.73 Å². The Bertz CT molecular complexity index is 343. The van der Waals surface area contributed by atoms with Crippen LogP contribution < -0.4 is 11.1 Å². The molecule has 1 aromatic carbocycles. The second-order valence-corrected chi connectivity index (χ2v) is 4.99. The summed E-state index contributed by atoms with van der Waals surface area (Å²) in [7, 11) is 0. The summed E-state index contributed by atoms with van der Waals surface area (Å²) < 4.78 is 0. The molecule has 0 bridgehead atoms. The Hall–Kier alpha value is -0.570. The summed E-state index contributed by atoms with van der Waals surface area (Å²) in [5.41, 5.74) is 7.49. The van der Waals surface area contributed by atoms with Crippen LogP contribution in [0, 0.1) is 0 Å². The minimum absolute atomic E-state index is 0.263. The molecule has 0 amide bonds. The molecule has 2 rings (SSSR count). The van der Waals surface area contributed by atoms with Gasteiger partial charge in [-0.3, -0.25) is 0 Å². The summed E-state index contributed by atoms with van der Waals surface area (Å²) in [5.74, 6) is 0. The van der Waals surface area contributed by atoms with Crippen molar-refractivity contribution in [1.82, 2.24) is 5.32 Å². The van der Waals surface area contributed by atoms with Crippen molar-refractivity contribution < 1.29 is 0 Å². The first-order valence-corrected chi connectivity index (χ1v) is 6.33. The summed E-state index contributed by atoms with van der Waals surface area (Å²) in [6.07, 6.45) is 3.32. The molecule has 0 radical (unpaired) electrons. The van der Waals surface area contributed by atoms with E-state index in [0.717, 1.165) is 24.4 Å². The fraction of sp³-hybridized carbons (Fsp3) is 0.538. The molecule has 88 valence electrons. The van der Waals surface area contributed by atoms with E-state index < -0.39 is 0 Å². The number of nitrogens with one attached hydrogen (secondary N) is 1. The molecule has 3 heteroatoms. The van der Waals surface area contributed by atoms with E-state index in [1.807, 2.05) is 24.3 Å². The highest BCUT2D eigenvalue weighted by molar-refractivity contribution is 6.30. The van der Waals surface area contributed by atoms with Crippen molar-refractivity contribution in [3.63, 3.8) is 0 Å². The van der Waals surface area contributed by atoms with Gasteiger partial charge in [0.2, 0.25) is 0 Å².